The minimum Gasteiger partial charge on any atom is -0.224 e. The third-order valence-corrected chi connectivity index (χ3v) is 2.51. The summed E-state index contributed by atoms with van der Waals surface area (Å²) in [5, 5.41) is 0. The lowest BCUT2D eigenvalue weighted by atomic mass is 10.4. The molecule has 0 unspecified atom stereocenters. The van der Waals surface area contributed by atoms with Crippen LogP contribution >= 0.6 is 0 Å². The van der Waals surface area contributed by atoms with Crippen molar-refractivity contribution >= 4 is 9.84 Å². The SMILES string of the molecule is C=CC=C(CC)S(C)(=O)=O. The average molecular weight is 160 g/mol. The normalized spacial score (nSPS) is 13.2. The second kappa shape index (κ2) is 3.56. The first-order valence-corrected chi connectivity index (χ1v) is 4.93. The van der Waals surface area contributed by atoms with Crippen LogP contribution in [0.5, 0.6) is 0 Å². The Morgan fingerprint density at radius 1 is 1.60 bits per heavy atom. The molecule has 0 saturated heterocycles. The molecule has 3 heteroatoms. The van der Waals surface area contributed by atoms with E-state index in [9.17, 15) is 8.42 Å². The maximum absolute atomic E-state index is 10.8. The molecule has 0 aliphatic heterocycles. The van der Waals surface area contributed by atoms with Gasteiger partial charge in [0.1, 0.15) is 0 Å². The quantitative estimate of drug-likeness (QED) is 0.586. The predicted octanol–water partition coefficient (Wildman–Crippen LogP) is 1.51. The number of hydrogen-bond acceptors (Lipinski definition) is 2. The minimum atomic E-state index is -2.99. The van der Waals surface area contributed by atoms with Gasteiger partial charge in [-0.25, -0.2) is 8.42 Å². The molecule has 0 amide bonds. The molecule has 0 aromatic heterocycles. The number of sulfone groups is 1. The minimum absolute atomic E-state index is 0.433. The molecule has 0 rings (SSSR count). The van der Waals surface area contributed by atoms with Gasteiger partial charge in [0.2, 0.25) is 0 Å². The Hall–Kier alpha value is -0.570. The maximum atomic E-state index is 10.8. The second-order valence-corrected chi connectivity index (χ2v) is 4.06. The summed E-state index contributed by atoms with van der Waals surface area (Å²) in [6.45, 7) is 5.22. The number of rotatable bonds is 3. The van der Waals surface area contributed by atoms with Crippen LogP contribution in [0.2, 0.25) is 0 Å². The summed E-state index contributed by atoms with van der Waals surface area (Å²) in [4.78, 5) is 0.433. The molecule has 0 N–H and O–H groups in total. The number of allylic oxidation sites excluding steroid dienone is 3. The van der Waals surface area contributed by atoms with Gasteiger partial charge in [0.25, 0.3) is 0 Å². The molecule has 10 heavy (non-hydrogen) atoms. The fourth-order valence-electron chi connectivity index (χ4n) is 0.635. The topological polar surface area (TPSA) is 34.1 Å². The van der Waals surface area contributed by atoms with Gasteiger partial charge >= 0.3 is 0 Å². The molecule has 58 valence electrons. The van der Waals surface area contributed by atoms with E-state index in [4.69, 9.17) is 0 Å². The van der Waals surface area contributed by atoms with E-state index in [0.717, 1.165) is 0 Å². The zero-order chi connectivity index (χ0) is 8.20. The van der Waals surface area contributed by atoms with Crippen LogP contribution in [-0.4, -0.2) is 14.7 Å². The average Bonchev–Trinajstić information content (AvgIpc) is 1.80. The van der Waals surface area contributed by atoms with Gasteiger partial charge in [-0.05, 0) is 12.5 Å². The Balaban J connectivity index is 4.71. The van der Waals surface area contributed by atoms with Crippen LogP contribution in [0.1, 0.15) is 13.3 Å². The summed E-state index contributed by atoms with van der Waals surface area (Å²) in [5.74, 6) is 0. The Kier molecular flexibility index (Phi) is 3.36. The highest BCUT2D eigenvalue weighted by atomic mass is 32.2. The van der Waals surface area contributed by atoms with Gasteiger partial charge in [-0.15, -0.1) is 0 Å². The van der Waals surface area contributed by atoms with Crippen LogP contribution in [0.15, 0.2) is 23.6 Å². The van der Waals surface area contributed by atoms with Gasteiger partial charge in [-0.2, -0.15) is 0 Å². The lowest BCUT2D eigenvalue weighted by Gasteiger charge is -1.97. The standard InChI is InChI=1S/C7H12O2S/c1-4-6-7(5-2)10(3,8)9/h4,6H,1,5H2,2-3H3. The molecule has 0 spiro atoms. The molecule has 0 aromatic rings. The van der Waals surface area contributed by atoms with Crippen LogP contribution in [0.3, 0.4) is 0 Å². The van der Waals surface area contributed by atoms with Crippen molar-refractivity contribution in [2.45, 2.75) is 13.3 Å². The van der Waals surface area contributed by atoms with Crippen molar-refractivity contribution in [3.05, 3.63) is 23.6 Å². The lowest BCUT2D eigenvalue weighted by molar-refractivity contribution is 0.606. The summed E-state index contributed by atoms with van der Waals surface area (Å²) in [6, 6.07) is 0. The van der Waals surface area contributed by atoms with Gasteiger partial charge in [0.05, 0.1) is 0 Å². The molecule has 0 saturated carbocycles. The molecule has 0 fully saturated rings. The lowest BCUT2D eigenvalue weighted by Crippen LogP contribution is -1.98. The smallest absolute Gasteiger partial charge is 0.171 e. The van der Waals surface area contributed by atoms with Gasteiger partial charge in [-0.3, -0.25) is 0 Å². The summed E-state index contributed by atoms with van der Waals surface area (Å²) < 4.78 is 21.7. The Labute approximate surface area is 62.2 Å². The highest BCUT2D eigenvalue weighted by molar-refractivity contribution is 7.94. The van der Waals surface area contributed by atoms with E-state index in [1.54, 1.807) is 6.92 Å². The van der Waals surface area contributed by atoms with Crippen LogP contribution < -0.4 is 0 Å². The maximum Gasteiger partial charge on any atom is 0.171 e. The van der Waals surface area contributed by atoms with Gasteiger partial charge in [-0.1, -0.05) is 19.6 Å². The van der Waals surface area contributed by atoms with Gasteiger partial charge in [0, 0.05) is 11.2 Å². The summed E-state index contributed by atoms with van der Waals surface area (Å²) in [7, 11) is -2.99. The summed E-state index contributed by atoms with van der Waals surface area (Å²) in [5.41, 5.74) is 0. The van der Waals surface area contributed by atoms with E-state index in [1.807, 2.05) is 0 Å². The Morgan fingerprint density at radius 2 is 2.10 bits per heavy atom. The third kappa shape index (κ3) is 2.82. The zero-order valence-electron chi connectivity index (χ0n) is 6.29. The number of hydrogen-bond donors (Lipinski definition) is 0. The second-order valence-electron chi connectivity index (χ2n) is 1.99. The van der Waals surface area contributed by atoms with Crippen molar-refractivity contribution in [2.24, 2.45) is 0 Å². The zero-order valence-corrected chi connectivity index (χ0v) is 7.11. The molecule has 0 aliphatic carbocycles. The van der Waals surface area contributed by atoms with Crippen molar-refractivity contribution in [1.29, 1.82) is 0 Å². The summed E-state index contributed by atoms with van der Waals surface area (Å²) in [6.07, 6.45) is 4.74. The molecule has 0 bridgehead atoms. The van der Waals surface area contributed by atoms with Crippen molar-refractivity contribution < 1.29 is 8.42 Å². The predicted molar refractivity (Wildman–Crippen MR) is 43.4 cm³/mol. The highest BCUT2D eigenvalue weighted by Crippen LogP contribution is 2.07. The van der Waals surface area contributed by atoms with E-state index in [1.165, 1.54) is 18.4 Å². The monoisotopic (exact) mass is 160 g/mol. The molecule has 0 atom stereocenters. The molecule has 0 aromatic carbocycles. The molecular weight excluding hydrogens is 148 g/mol. The molecular formula is C7H12O2S. The molecule has 0 heterocycles. The molecule has 0 radical (unpaired) electrons. The third-order valence-electron chi connectivity index (χ3n) is 1.13. The molecule has 2 nitrogen and oxygen atoms in total. The van der Waals surface area contributed by atoms with Gasteiger partial charge in [0.15, 0.2) is 9.84 Å². The first-order valence-electron chi connectivity index (χ1n) is 3.04. The van der Waals surface area contributed by atoms with E-state index < -0.39 is 9.84 Å². The largest absolute Gasteiger partial charge is 0.224 e. The van der Waals surface area contributed by atoms with Crippen LogP contribution in [0.4, 0.5) is 0 Å². The van der Waals surface area contributed by atoms with E-state index in [0.29, 0.717) is 11.3 Å². The van der Waals surface area contributed by atoms with Crippen LogP contribution in [-0.2, 0) is 9.84 Å². The van der Waals surface area contributed by atoms with Crippen LogP contribution in [0, 0.1) is 0 Å². The van der Waals surface area contributed by atoms with E-state index >= 15 is 0 Å². The van der Waals surface area contributed by atoms with E-state index in [2.05, 4.69) is 6.58 Å². The van der Waals surface area contributed by atoms with Crippen molar-refractivity contribution in [3.63, 3.8) is 0 Å². The van der Waals surface area contributed by atoms with Crippen molar-refractivity contribution in [2.75, 3.05) is 6.26 Å². The van der Waals surface area contributed by atoms with Crippen molar-refractivity contribution in [1.82, 2.24) is 0 Å². The van der Waals surface area contributed by atoms with Crippen molar-refractivity contribution in [3.8, 4) is 0 Å². The molecule has 0 aliphatic rings. The first-order chi connectivity index (χ1) is 4.52. The highest BCUT2D eigenvalue weighted by Gasteiger charge is 2.05. The fraction of sp³-hybridized carbons (Fsp3) is 0.429. The summed E-state index contributed by atoms with van der Waals surface area (Å²) >= 11 is 0. The van der Waals surface area contributed by atoms with Gasteiger partial charge < -0.3 is 0 Å². The first kappa shape index (κ1) is 9.43. The Bertz CT molecular complexity index is 234. The van der Waals surface area contributed by atoms with E-state index in [-0.39, 0.29) is 0 Å². The Morgan fingerprint density at radius 3 is 2.20 bits per heavy atom. The fourth-order valence-corrected chi connectivity index (χ4v) is 1.50. The van der Waals surface area contributed by atoms with Crippen LogP contribution in [0.25, 0.3) is 0 Å².